The molecular formula is C21H20F2N4O2. The summed E-state index contributed by atoms with van der Waals surface area (Å²) in [5.74, 6) is -1.40. The molecule has 4 rings (SSSR count). The summed E-state index contributed by atoms with van der Waals surface area (Å²) in [6.07, 6.45) is 1.33. The summed E-state index contributed by atoms with van der Waals surface area (Å²) < 4.78 is 34.5. The summed E-state index contributed by atoms with van der Waals surface area (Å²) in [5.41, 5.74) is 2.53. The van der Waals surface area contributed by atoms with Gasteiger partial charge in [-0.2, -0.15) is 4.98 Å². The van der Waals surface area contributed by atoms with Crippen LogP contribution in [0.5, 0.6) is 0 Å². The van der Waals surface area contributed by atoms with Crippen molar-refractivity contribution in [2.45, 2.75) is 26.3 Å². The zero-order chi connectivity index (χ0) is 20.5. The van der Waals surface area contributed by atoms with E-state index in [2.05, 4.69) is 15.5 Å². The van der Waals surface area contributed by atoms with Gasteiger partial charge in [0.25, 0.3) is 5.89 Å². The number of nitrogens with zero attached hydrogens (tertiary/aromatic N) is 3. The van der Waals surface area contributed by atoms with Crippen molar-refractivity contribution in [1.82, 2.24) is 10.1 Å². The highest BCUT2D eigenvalue weighted by atomic mass is 19.1. The molecule has 0 fully saturated rings. The molecule has 1 unspecified atom stereocenters. The van der Waals surface area contributed by atoms with E-state index in [1.807, 2.05) is 24.8 Å². The monoisotopic (exact) mass is 398 g/mol. The summed E-state index contributed by atoms with van der Waals surface area (Å²) in [5, 5.41) is 7.15. The highest BCUT2D eigenvalue weighted by Gasteiger charge is 2.28. The fourth-order valence-electron chi connectivity index (χ4n) is 3.62. The van der Waals surface area contributed by atoms with Gasteiger partial charge in [-0.25, -0.2) is 8.78 Å². The lowest BCUT2D eigenvalue weighted by Gasteiger charge is -2.21. The lowest BCUT2D eigenvalue weighted by atomic mass is 10.1. The van der Waals surface area contributed by atoms with E-state index in [1.54, 1.807) is 12.1 Å². The Kier molecular flexibility index (Phi) is 5.00. The van der Waals surface area contributed by atoms with E-state index in [1.165, 1.54) is 12.1 Å². The molecule has 0 amide bonds. The van der Waals surface area contributed by atoms with Crippen LogP contribution in [0, 0.1) is 11.6 Å². The van der Waals surface area contributed by atoms with E-state index in [-0.39, 0.29) is 17.5 Å². The molecule has 0 bridgehead atoms. The zero-order valence-electron chi connectivity index (χ0n) is 16.1. The second kappa shape index (κ2) is 7.62. The molecular weight excluding hydrogens is 378 g/mol. The Hall–Kier alpha value is -3.29. The minimum Gasteiger partial charge on any atom is -0.374 e. The number of carbonyl (C=O) groups is 1. The van der Waals surface area contributed by atoms with Gasteiger partial charge in [0.1, 0.15) is 23.5 Å². The molecule has 3 aromatic rings. The van der Waals surface area contributed by atoms with Crippen LogP contribution in [0.25, 0.3) is 11.5 Å². The highest BCUT2D eigenvalue weighted by molar-refractivity contribution is 5.77. The predicted octanol–water partition coefficient (Wildman–Crippen LogP) is 4.38. The Morgan fingerprint density at radius 1 is 1.21 bits per heavy atom. The van der Waals surface area contributed by atoms with Crippen LogP contribution < -0.4 is 10.2 Å². The van der Waals surface area contributed by atoms with Crippen LogP contribution >= 0.6 is 0 Å². The van der Waals surface area contributed by atoms with Gasteiger partial charge in [0.2, 0.25) is 0 Å². The molecule has 2 aromatic carbocycles. The number of halogens is 2. The number of carbonyl (C=O) groups excluding carboxylic acids is 1. The number of aldehydes is 1. The van der Waals surface area contributed by atoms with E-state index in [0.29, 0.717) is 36.6 Å². The molecule has 0 saturated carbocycles. The van der Waals surface area contributed by atoms with Gasteiger partial charge in [-0.3, -0.25) is 4.79 Å². The lowest BCUT2D eigenvalue weighted by Crippen LogP contribution is -2.22. The van der Waals surface area contributed by atoms with Gasteiger partial charge in [0, 0.05) is 36.4 Å². The van der Waals surface area contributed by atoms with Gasteiger partial charge in [-0.15, -0.1) is 0 Å². The fourth-order valence-corrected chi connectivity index (χ4v) is 3.62. The Morgan fingerprint density at radius 2 is 1.93 bits per heavy atom. The number of nitrogens with one attached hydrogen (secondary N) is 1. The number of hydrogen-bond donors (Lipinski definition) is 1. The summed E-state index contributed by atoms with van der Waals surface area (Å²) in [7, 11) is 0. The third-order valence-corrected chi connectivity index (χ3v) is 5.14. The number of hydrogen-bond acceptors (Lipinski definition) is 6. The first-order valence-corrected chi connectivity index (χ1v) is 9.46. The lowest BCUT2D eigenvalue weighted by molar-refractivity contribution is 0.112. The number of aromatic nitrogens is 2. The van der Waals surface area contributed by atoms with Gasteiger partial charge < -0.3 is 14.7 Å². The summed E-state index contributed by atoms with van der Waals surface area (Å²) in [6.45, 7) is 5.11. The molecule has 1 aliphatic heterocycles. The smallest absolute Gasteiger partial charge is 0.263 e. The fraction of sp³-hybridized carbons (Fsp3) is 0.286. The maximum Gasteiger partial charge on any atom is 0.263 e. The molecule has 8 heteroatoms. The van der Waals surface area contributed by atoms with Crippen molar-refractivity contribution in [1.29, 1.82) is 0 Å². The van der Waals surface area contributed by atoms with Gasteiger partial charge >= 0.3 is 0 Å². The SMILES string of the molecule is CCN(CC)c1cc(F)c(-c2nc(C3Cc4cc(C=O)ccc4N3)no2)c(F)c1. The van der Waals surface area contributed by atoms with E-state index < -0.39 is 11.6 Å². The second-order valence-electron chi connectivity index (χ2n) is 6.85. The van der Waals surface area contributed by atoms with Crippen LogP contribution in [0.1, 0.15) is 41.6 Å². The molecule has 150 valence electrons. The molecule has 6 nitrogen and oxygen atoms in total. The Bertz CT molecular complexity index is 1040. The summed E-state index contributed by atoms with van der Waals surface area (Å²) in [4.78, 5) is 17.0. The Balaban J connectivity index is 1.61. The van der Waals surface area contributed by atoms with E-state index in [4.69, 9.17) is 4.52 Å². The minimum absolute atomic E-state index is 0.201. The largest absolute Gasteiger partial charge is 0.374 e. The average Bonchev–Trinajstić information content (AvgIpc) is 3.34. The molecule has 1 aliphatic rings. The quantitative estimate of drug-likeness (QED) is 0.621. The van der Waals surface area contributed by atoms with Crippen molar-refractivity contribution in [2.24, 2.45) is 0 Å². The molecule has 0 spiro atoms. The average molecular weight is 398 g/mol. The maximum absolute atomic E-state index is 14.7. The van der Waals surface area contributed by atoms with E-state index >= 15 is 0 Å². The molecule has 0 aliphatic carbocycles. The van der Waals surface area contributed by atoms with Crippen molar-refractivity contribution in [2.75, 3.05) is 23.3 Å². The van der Waals surface area contributed by atoms with E-state index in [9.17, 15) is 13.6 Å². The summed E-state index contributed by atoms with van der Waals surface area (Å²) in [6, 6.07) is 7.57. The van der Waals surface area contributed by atoms with Gasteiger partial charge in [-0.05, 0) is 49.7 Å². The predicted molar refractivity (Wildman–Crippen MR) is 105 cm³/mol. The number of anilines is 2. The Labute approximate surface area is 166 Å². The van der Waals surface area contributed by atoms with Gasteiger partial charge in [-0.1, -0.05) is 5.16 Å². The zero-order valence-corrected chi connectivity index (χ0v) is 16.1. The molecule has 2 heterocycles. The van der Waals surface area contributed by atoms with Crippen molar-refractivity contribution in [3.05, 3.63) is 58.9 Å². The third-order valence-electron chi connectivity index (χ3n) is 5.14. The van der Waals surface area contributed by atoms with Crippen molar-refractivity contribution >= 4 is 17.7 Å². The standard InChI is InChI=1S/C21H20F2N4O2/c1-3-27(4-2)14-9-15(22)19(16(23)10-14)21-25-20(26-29-21)18-8-13-7-12(11-28)5-6-17(13)24-18/h5-7,9-11,18,24H,3-4,8H2,1-2H3. The van der Waals surface area contributed by atoms with Gasteiger partial charge in [0.05, 0.1) is 6.04 Å². The van der Waals surface area contributed by atoms with Crippen molar-refractivity contribution in [3.63, 3.8) is 0 Å². The highest BCUT2D eigenvalue weighted by Crippen LogP contribution is 2.35. The molecule has 0 radical (unpaired) electrons. The van der Waals surface area contributed by atoms with Crippen LogP contribution in [0.15, 0.2) is 34.9 Å². The molecule has 0 saturated heterocycles. The molecule has 1 N–H and O–H groups in total. The first-order valence-electron chi connectivity index (χ1n) is 9.46. The van der Waals surface area contributed by atoms with Crippen LogP contribution in [-0.4, -0.2) is 29.5 Å². The minimum atomic E-state index is -0.750. The first kappa shape index (κ1) is 19.0. The molecule has 1 aromatic heterocycles. The number of fused-ring (bicyclic) bond motifs is 1. The molecule has 29 heavy (non-hydrogen) atoms. The van der Waals surface area contributed by atoms with Crippen LogP contribution in [0.3, 0.4) is 0 Å². The van der Waals surface area contributed by atoms with Crippen LogP contribution in [-0.2, 0) is 6.42 Å². The number of rotatable bonds is 6. The number of benzene rings is 2. The second-order valence-corrected chi connectivity index (χ2v) is 6.85. The topological polar surface area (TPSA) is 71.3 Å². The van der Waals surface area contributed by atoms with Crippen molar-refractivity contribution in [3.8, 4) is 11.5 Å². The van der Waals surface area contributed by atoms with Crippen LogP contribution in [0.4, 0.5) is 20.2 Å². The van der Waals surface area contributed by atoms with Crippen LogP contribution in [0.2, 0.25) is 0 Å². The van der Waals surface area contributed by atoms with E-state index in [0.717, 1.165) is 17.5 Å². The summed E-state index contributed by atoms with van der Waals surface area (Å²) >= 11 is 0. The Morgan fingerprint density at radius 3 is 2.59 bits per heavy atom. The maximum atomic E-state index is 14.7. The third kappa shape index (κ3) is 3.46. The first-order chi connectivity index (χ1) is 14.0. The van der Waals surface area contributed by atoms with Gasteiger partial charge in [0.15, 0.2) is 5.82 Å². The molecule has 1 atom stereocenters. The van der Waals surface area contributed by atoms with Crippen molar-refractivity contribution < 1.29 is 18.1 Å². The normalized spacial score (nSPS) is 15.1.